The summed E-state index contributed by atoms with van der Waals surface area (Å²) in [6, 6.07) is 91.9. The molecule has 2 aromatic heterocycles. The highest BCUT2D eigenvalue weighted by Gasteiger charge is 2.21. The number of hydrogen-bond donors (Lipinski definition) is 0. The summed E-state index contributed by atoms with van der Waals surface area (Å²) in [6.45, 7) is 0. The monoisotopic (exact) mass is 854 g/mol. The highest BCUT2D eigenvalue weighted by molar-refractivity contribution is 6.14. The van der Waals surface area contributed by atoms with Crippen LogP contribution in [-0.2, 0) is 0 Å². The Morgan fingerprint density at radius 2 is 0.851 bits per heavy atom. The first-order chi connectivity index (χ1) is 33.2. The zero-order valence-electron chi connectivity index (χ0n) is 36.6. The molecule has 3 heteroatoms. The summed E-state index contributed by atoms with van der Waals surface area (Å²) < 4.78 is 8.78. The van der Waals surface area contributed by atoms with Crippen molar-refractivity contribution in [3.63, 3.8) is 0 Å². The van der Waals surface area contributed by atoms with Gasteiger partial charge in [-0.05, 0) is 123 Å². The van der Waals surface area contributed by atoms with Crippen LogP contribution < -0.4 is 4.90 Å². The number of aromatic nitrogens is 1. The second-order valence-corrected chi connectivity index (χ2v) is 17.3. The van der Waals surface area contributed by atoms with E-state index in [1.807, 2.05) is 6.07 Å². The molecule has 11 aromatic carbocycles. The van der Waals surface area contributed by atoms with Gasteiger partial charge in [-0.2, -0.15) is 0 Å². The number of nitrogens with zero attached hydrogens (tertiary/aromatic N) is 2. The predicted octanol–water partition coefficient (Wildman–Crippen LogP) is 18.0. The lowest BCUT2D eigenvalue weighted by Crippen LogP contribution is -2.11. The second kappa shape index (κ2) is 16.0. The largest absolute Gasteiger partial charge is 0.456 e. The Morgan fingerprint density at radius 3 is 1.63 bits per heavy atom. The van der Waals surface area contributed by atoms with Gasteiger partial charge in [-0.3, -0.25) is 0 Å². The van der Waals surface area contributed by atoms with Crippen molar-refractivity contribution in [2.45, 2.75) is 0 Å². The molecule has 0 spiro atoms. The van der Waals surface area contributed by atoms with Crippen molar-refractivity contribution in [1.29, 1.82) is 0 Å². The van der Waals surface area contributed by atoms with Gasteiger partial charge in [-0.1, -0.05) is 182 Å². The molecule has 0 atom stereocenters. The van der Waals surface area contributed by atoms with Gasteiger partial charge in [0.2, 0.25) is 0 Å². The molecule has 0 radical (unpaired) electrons. The van der Waals surface area contributed by atoms with Crippen molar-refractivity contribution in [3.8, 4) is 50.2 Å². The van der Waals surface area contributed by atoms with E-state index >= 15 is 0 Å². The van der Waals surface area contributed by atoms with Crippen molar-refractivity contribution < 1.29 is 4.42 Å². The molecule has 0 aliphatic rings. The number of rotatable bonds is 8. The standard InChI is InChI=1S/C64H42N2O/c1-2-15-47-40-50(35-34-43(47)14-1)49-17-12-18-52(42-49)65(59-25-7-5-22-56(59)57-24-13-29-63-64(57)58-23-6-10-28-62(58)67-63)51-38-36-45(37-39-51)44-30-32-46(33-31-44)48-16-11-19-53(41-48)66-60-26-8-3-20-54(60)55-21-4-9-27-61(55)66/h1-42H. The van der Waals surface area contributed by atoms with Crippen molar-refractivity contribution in [2.75, 3.05) is 4.90 Å². The van der Waals surface area contributed by atoms with Crippen molar-refractivity contribution in [1.82, 2.24) is 4.57 Å². The summed E-state index contributed by atoms with van der Waals surface area (Å²) in [4.78, 5) is 2.40. The van der Waals surface area contributed by atoms with Crippen molar-refractivity contribution in [3.05, 3.63) is 255 Å². The second-order valence-electron chi connectivity index (χ2n) is 17.3. The molecule has 13 rings (SSSR count). The first kappa shape index (κ1) is 38.5. The van der Waals surface area contributed by atoms with Crippen molar-refractivity contribution in [2.24, 2.45) is 0 Å². The number of para-hydroxylation sites is 4. The average molecular weight is 855 g/mol. The Kier molecular flexibility index (Phi) is 9.17. The Labute approximate surface area is 388 Å². The Morgan fingerprint density at radius 1 is 0.313 bits per heavy atom. The molecule has 0 saturated heterocycles. The third kappa shape index (κ3) is 6.67. The van der Waals surface area contributed by atoms with E-state index in [0.29, 0.717) is 0 Å². The zero-order chi connectivity index (χ0) is 44.3. The van der Waals surface area contributed by atoms with Gasteiger partial charge in [0, 0.05) is 44.2 Å². The zero-order valence-corrected chi connectivity index (χ0v) is 36.6. The van der Waals surface area contributed by atoms with E-state index in [0.717, 1.165) is 72.5 Å². The van der Waals surface area contributed by atoms with Crippen LogP contribution in [0.25, 0.3) is 105 Å². The molecule has 2 heterocycles. The molecule has 67 heavy (non-hydrogen) atoms. The molecule has 0 amide bonds. The smallest absolute Gasteiger partial charge is 0.136 e. The van der Waals surface area contributed by atoms with E-state index in [2.05, 4.69) is 258 Å². The first-order valence-corrected chi connectivity index (χ1v) is 22.9. The van der Waals surface area contributed by atoms with Crippen LogP contribution in [0.1, 0.15) is 0 Å². The van der Waals surface area contributed by atoms with Gasteiger partial charge in [0.25, 0.3) is 0 Å². The summed E-state index contributed by atoms with van der Waals surface area (Å²) >= 11 is 0. The maximum absolute atomic E-state index is 6.40. The van der Waals surface area contributed by atoms with Crippen molar-refractivity contribution >= 4 is 71.6 Å². The van der Waals surface area contributed by atoms with Gasteiger partial charge >= 0.3 is 0 Å². The fourth-order valence-electron chi connectivity index (χ4n) is 10.2. The normalized spacial score (nSPS) is 11.6. The van der Waals surface area contributed by atoms with E-state index < -0.39 is 0 Å². The summed E-state index contributed by atoms with van der Waals surface area (Å²) in [6.07, 6.45) is 0. The fourth-order valence-corrected chi connectivity index (χ4v) is 10.2. The fraction of sp³-hybridized carbons (Fsp3) is 0. The Hall–Kier alpha value is -8.92. The van der Waals surface area contributed by atoms with Gasteiger partial charge in [0.15, 0.2) is 0 Å². The van der Waals surface area contributed by atoms with E-state index in [-0.39, 0.29) is 0 Å². The molecule has 13 aromatic rings. The molecule has 0 aliphatic heterocycles. The summed E-state index contributed by atoms with van der Waals surface area (Å²) in [5.41, 5.74) is 17.8. The molecule has 0 N–H and O–H groups in total. The highest BCUT2D eigenvalue weighted by atomic mass is 16.3. The third-order valence-corrected chi connectivity index (χ3v) is 13.4. The average Bonchev–Trinajstić information content (AvgIpc) is 3.95. The van der Waals surface area contributed by atoms with Crippen LogP contribution in [-0.4, -0.2) is 4.57 Å². The molecular formula is C64H42N2O. The van der Waals surface area contributed by atoms with Crippen LogP contribution in [0.2, 0.25) is 0 Å². The predicted molar refractivity (Wildman–Crippen MR) is 282 cm³/mol. The number of anilines is 3. The topological polar surface area (TPSA) is 21.3 Å². The van der Waals surface area contributed by atoms with Gasteiger partial charge < -0.3 is 13.9 Å². The summed E-state index contributed by atoms with van der Waals surface area (Å²) in [5, 5.41) is 7.22. The molecule has 0 fully saturated rings. The maximum Gasteiger partial charge on any atom is 0.136 e. The van der Waals surface area contributed by atoms with Crippen LogP contribution in [0.3, 0.4) is 0 Å². The van der Waals surface area contributed by atoms with Crippen LogP contribution in [0.5, 0.6) is 0 Å². The Balaban J connectivity index is 0.887. The highest BCUT2D eigenvalue weighted by Crippen LogP contribution is 2.46. The van der Waals surface area contributed by atoms with Crippen LogP contribution >= 0.6 is 0 Å². The lowest BCUT2D eigenvalue weighted by molar-refractivity contribution is 0.669. The minimum Gasteiger partial charge on any atom is -0.456 e. The van der Waals surface area contributed by atoms with Gasteiger partial charge in [-0.25, -0.2) is 0 Å². The SMILES string of the molecule is c1cc(-c2ccc3ccccc3c2)cc(N(c2ccc(-c3ccc(-c4cccc(-n5c6ccccc6c6ccccc65)c4)cc3)cc2)c2ccccc2-c2cccc3oc4ccccc4c23)c1. The van der Waals surface area contributed by atoms with E-state index in [4.69, 9.17) is 4.42 Å². The van der Waals surface area contributed by atoms with Crippen LogP contribution in [0.15, 0.2) is 259 Å². The third-order valence-electron chi connectivity index (χ3n) is 13.4. The van der Waals surface area contributed by atoms with Crippen LogP contribution in [0, 0.1) is 0 Å². The van der Waals surface area contributed by atoms with Gasteiger partial charge in [0.05, 0.1) is 16.7 Å². The maximum atomic E-state index is 6.40. The number of furan rings is 1. The van der Waals surface area contributed by atoms with E-state index in [1.165, 1.54) is 49.3 Å². The minimum atomic E-state index is 0.879. The molecule has 3 nitrogen and oxygen atoms in total. The Bertz CT molecular complexity index is 3930. The number of benzene rings is 11. The number of fused-ring (bicyclic) bond motifs is 7. The molecule has 0 unspecified atom stereocenters. The molecule has 314 valence electrons. The van der Waals surface area contributed by atoms with E-state index in [9.17, 15) is 0 Å². The minimum absolute atomic E-state index is 0.879. The van der Waals surface area contributed by atoms with E-state index in [1.54, 1.807) is 0 Å². The molecule has 0 saturated carbocycles. The summed E-state index contributed by atoms with van der Waals surface area (Å²) in [5.74, 6) is 0. The molecule has 0 aliphatic carbocycles. The van der Waals surface area contributed by atoms with Gasteiger partial charge in [0.1, 0.15) is 11.2 Å². The molecular weight excluding hydrogens is 813 g/mol. The van der Waals surface area contributed by atoms with Crippen LogP contribution in [0.4, 0.5) is 17.1 Å². The van der Waals surface area contributed by atoms with Gasteiger partial charge in [-0.15, -0.1) is 0 Å². The lowest BCUT2D eigenvalue weighted by Gasteiger charge is -2.28. The lowest BCUT2D eigenvalue weighted by atomic mass is 9.96. The molecule has 0 bridgehead atoms. The first-order valence-electron chi connectivity index (χ1n) is 22.9. The quantitative estimate of drug-likeness (QED) is 0.152. The number of hydrogen-bond acceptors (Lipinski definition) is 2. The summed E-state index contributed by atoms with van der Waals surface area (Å²) in [7, 11) is 0.